The van der Waals surface area contributed by atoms with Crippen molar-refractivity contribution in [2.75, 3.05) is 0 Å². The Morgan fingerprint density at radius 3 is 2.50 bits per heavy atom. The Morgan fingerprint density at radius 2 is 2.00 bits per heavy atom. The smallest absolute Gasteiger partial charge is 0.417 e. The van der Waals surface area contributed by atoms with Gasteiger partial charge >= 0.3 is 12.1 Å². The van der Waals surface area contributed by atoms with Crippen molar-refractivity contribution in [3.05, 3.63) is 50.7 Å². The first kappa shape index (κ1) is 25.6. The van der Waals surface area contributed by atoms with Crippen LogP contribution in [-0.2, 0) is 31.2 Å². The van der Waals surface area contributed by atoms with Crippen molar-refractivity contribution in [2.24, 2.45) is 0 Å². The van der Waals surface area contributed by atoms with E-state index in [9.17, 15) is 32.6 Å². The Bertz CT molecular complexity index is 1070. The zero-order valence-electron chi connectivity index (χ0n) is 16.9. The van der Waals surface area contributed by atoms with E-state index in [0.29, 0.717) is 12.3 Å². The van der Waals surface area contributed by atoms with E-state index < -0.39 is 47.7 Å². The molecule has 0 bridgehead atoms. The van der Waals surface area contributed by atoms with Gasteiger partial charge < -0.3 is 9.47 Å². The standard InChI is InChI=1S/C18H17ClF3N2O7P/c1-4-11-5-14(24(26)27)16(32(28)31-10(3)29-9(2)25)7-15(11)30-17-13(19)6-12(8-23-17)18(20,21)22/h5-8,10,32H,4H2,1-3H3. The lowest BCUT2D eigenvalue weighted by atomic mass is 10.1. The van der Waals surface area contributed by atoms with Gasteiger partial charge in [-0.2, -0.15) is 13.2 Å². The largest absolute Gasteiger partial charge is 0.437 e. The lowest BCUT2D eigenvalue weighted by Gasteiger charge is -2.15. The number of pyridine rings is 1. The Kier molecular flexibility index (Phi) is 8.22. The van der Waals surface area contributed by atoms with Crippen molar-refractivity contribution in [3.63, 3.8) is 0 Å². The third kappa shape index (κ3) is 6.41. The normalized spacial score (nSPS) is 13.3. The lowest BCUT2D eigenvalue weighted by molar-refractivity contribution is -0.383. The molecule has 1 heterocycles. The molecule has 2 unspecified atom stereocenters. The summed E-state index contributed by atoms with van der Waals surface area (Å²) in [5.74, 6) is -1.16. The third-order valence-electron chi connectivity index (χ3n) is 3.92. The SMILES string of the molecule is CCc1cc([N+](=O)[O-])c([PH](=O)OC(C)OC(C)=O)cc1Oc1ncc(C(F)(F)F)cc1Cl. The van der Waals surface area contributed by atoms with Gasteiger partial charge in [0.1, 0.15) is 16.1 Å². The molecular formula is C18H17ClF3N2O7P. The summed E-state index contributed by atoms with van der Waals surface area (Å²) in [7, 11) is -3.31. The average molecular weight is 497 g/mol. The number of hydrogen-bond donors (Lipinski definition) is 0. The van der Waals surface area contributed by atoms with Gasteiger partial charge in [-0.05, 0) is 19.4 Å². The summed E-state index contributed by atoms with van der Waals surface area (Å²) in [5, 5.41) is 10.7. The molecule has 0 aliphatic heterocycles. The molecule has 0 amide bonds. The van der Waals surface area contributed by atoms with Crippen molar-refractivity contribution in [1.29, 1.82) is 0 Å². The molecule has 2 rings (SSSR count). The predicted octanol–water partition coefficient (Wildman–Crippen LogP) is 5.04. The van der Waals surface area contributed by atoms with Crippen LogP contribution < -0.4 is 10.0 Å². The molecule has 32 heavy (non-hydrogen) atoms. The van der Waals surface area contributed by atoms with Gasteiger partial charge in [0.15, 0.2) is 0 Å². The van der Waals surface area contributed by atoms with Crippen LogP contribution in [0.4, 0.5) is 18.9 Å². The molecule has 0 fully saturated rings. The zero-order valence-corrected chi connectivity index (χ0v) is 18.6. The van der Waals surface area contributed by atoms with Crippen LogP contribution in [0.2, 0.25) is 5.02 Å². The molecule has 2 aromatic rings. The maximum absolute atomic E-state index is 12.8. The van der Waals surface area contributed by atoms with Crippen molar-refractivity contribution < 1.29 is 41.5 Å². The van der Waals surface area contributed by atoms with Crippen LogP contribution in [-0.4, -0.2) is 22.2 Å². The topological polar surface area (TPSA) is 118 Å². The maximum atomic E-state index is 12.8. The summed E-state index contributed by atoms with van der Waals surface area (Å²) in [6.45, 7) is 4.03. The average Bonchev–Trinajstić information content (AvgIpc) is 2.67. The highest BCUT2D eigenvalue weighted by Crippen LogP contribution is 2.38. The Morgan fingerprint density at radius 1 is 1.34 bits per heavy atom. The second-order valence-electron chi connectivity index (χ2n) is 6.28. The molecule has 2 atom stereocenters. The molecule has 14 heteroatoms. The number of nitrogens with zero attached hydrogens (tertiary/aromatic N) is 2. The summed E-state index contributed by atoms with van der Waals surface area (Å²) in [5.41, 5.74) is -1.34. The number of esters is 1. The number of ether oxygens (including phenoxy) is 2. The molecule has 0 aliphatic carbocycles. The summed E-state index contributed by atoms with van der Waals surface area (Å²) in [6, 6.07) is 2.79. The van der Waals surface area contributed by atoms with E-state index in [1.54, 1.807) is 6.92 Å². The second kappa shape index (κ2) is 10.3. The van der Waals surface area contributed by atoms with E-state index in [2.05, 4.69) is 4.98 Å². The molecule has 0 spiro atoms. The molecule has 0 radical (unpaired) electrons. The lowest BCUT2D eigenvalue weighted by Crippen LogP contribution is -2.16. The Hall–Kier alpha value is -2.69. The van der Waals surface area contributed by atoms with Crippen molar-refractivity contribution in [1.82, 2.24) is 4.98 Å². The minimum Gasteiger partial charge on any atom is -0.437 e. The first-order chi connectivity index (χ1) is 14.8. The van der Waals surface area contributed by atoms with Crippen LogP contribution in [0.1, 0.15) is 31.9 Å². The molecule has 0 saturated carbocycles. The van der Waals surface area contributed by atoms with Gasteiger partial charge in [0, 0.05) is 30.8 Å². The minimum absolute atomic E-state index is 0.0654. The summed E-state index contributed by atoms with van der Waals surface area (Å²) in [6.07, 6.45) is -5.17. The third-order valence-corrected chi connectivity index (χ3v) is 5.58. The highest BCUT2D eigenvalue weighted by molar-refractivity contribution is 7.48. The number of alkyl halides is 3. The number of nitro benzene ring substituents is 1. The van der Waals surface area contributed by atoms with Crippen molar-refractivity contribution >= 4 is 36.6 Å². The fourth-order valence-electron chi connectivity index (χ4n) is 2.53. The van der Waals surface area contributed by atoms with Crippen LogP contribution in [0.15, 0.2) is 24.4 Å². The number of halogens is 4. The maximum Gasteiger partial charge on any atom is 0.417 e. The minimum atomic E-state index is -4.67. The van der Waals surface area contributed by atoms with E-state index in [1.165, 1.54) is 6.92 Å². The number of aromatic nitrogens is 1. The Balaban J connectivity index is 2.47. The number of aryl methyl sites for hydroxylation is 1. The molecule has 0 aliphatic rings. The van der Waals surface area contributed by atoms with Gasteiger partial charge in [-0.25, -0.2) is 4.98 Å². The molecule has 9 nitrogen and oxygen atoms in total. The van der Waals surface area contributed by atoms with Crippen molar-refractivity contribution in [2.45, 2.75) is 39.7 Å². The summed E-state index contributed by atoms with van der Waals surface area (Å²) in [4.78, 5) is 25.3. The quantitative estimate of drug-likeness (QED) is 0.164. The number of hydrogen-bond acceptors (Lipinski definition) is 8. The fraction of sp³-hybridized carbons (Fsp3) is 0.333. The second-order valence-corrected chi connectivity index (χ2v) is 8.04. The van der Waals surface area contributed by atoms with E-state index in [1.807, 2.05) is 0 Å². The molecule has 0 N–H and O–H groups in total. The number of rotatable bonds is 8. The monoisotopic (exact) mass is 496 g/mol. The number of nitro groups is 1. The van der Waals surface area contributed by atoms with Gasteiger partial charge in [0.25, 0.3) is 5.69 Å². The predicted molar refractivity (Wildman–Crippen MR) is 108 cm³/mol. The first-order valence-electron chi connectivity index (χ1n) is 8.93. The first-order valence-corrected chi connectivity index (χ1v) is 10.6. The molecular weight excluding hydrogens is 480 g/mol. The van der Waals surface area contributed by atoms with Gasteiger partial charge in [0.2, 0.25) is 20.2 Å². The highest BCUT2D eigenvalue weighted by atomic mass is 35.5. The van der Waals surface area contributed by atoms with E-state index in [4.69, 9.17) is 25.6 Å². The highest BCUT2D eigenvalue weighted by Gasteiger charge is 2.32. The molecule has 1 aromatic carbocycles. The van der Waals surface area contributed by atoms with E-state index in [0.717, 1.165) is 19.1 Å². The number of carbonyl (C=O) groups is 1. The van der Waals surface area contributed by atoms with E-state index >= 15 is 0 Å². The van der Waals surface area contributed by atoms with Gasteiger partial charge in [0.05, 0.1) is 10.5 Å². The summed E-state index contributed by atoms with van der Waals surface area (Å²) < 4.78 is 66.3. The molecule has 1 aromatic heterocycles. The Labute approximate surface area is 185 Å². The molecule has 0 saturated heterocycles. The van der Waals surface area contributed by atoms with Crippen molar-refractivity contribution in [3.8, 4) is 11.6 Å². The molecule has 174 valence electrons. The number of carbonyl (C=O) groups excluding carboxylic acids is 1. The van der Waals surface area contributed by atoms with Crippen LogP contribution in [0.25, 0.3) is 0 Å². The van der Waals surface area contributed by atoms with Crippen LogP contribution in [0.5, 0.6) is 11.6 Å². The van der Waals surface area contributed by atoms with E-state index in [-0.39, 0.29) is 28.9 Å². The van der Waals surface area contributed by atoms with Gasteiger partial charge in [-0.1, -0.05) is 18.5 Å². The van der Waals surface area contributed by atoms with Crippen LogP contribution in [0.3, 0.4) is 0 Å². The zero-order chi connectivity index (χ0) is 24.2. The number of benzene rings is 1. The summed E-state index contributed by atoms with van der Waals surface area (Å²) >= 11 is 5.86. The van der Waals surface area contributed by atoms with Crippen LogP contribution in [0, 0.1) is 10.1 Å². The van der Waals surface area contributed by atoms with Crippen LogP contribution >= 0.6 is 19.6 Å². The fourth-order valence-corrected chi connectivity index (χ4v) is 3.83. The van der Waals surface area contributed by atoms with Gasteiger partial charge in [-0.15, -0.1) is 0 Å². The van der Waals surface area contributed by atoms with Gasteiger partial charge in [-0.3, -0.25) is 24.0 Å².